The maximum atomic E-state index is 12.0. The van der Waals surface area contributed by atoms with E-state index in [0.29, 0.717) is 6.04 Å². The zero-order chi connectivity index (χ0) is 12.3. The second-order valence-electron chi connectivity index (χ2n) is 4.89. The Morgan fingerprint density at radius 3 is 2.61 bits per heavy atom. The fourth-order valence-corrected chi connectivity index (χ4v) is 2.65. The lowest BCUT2D eigenvalue weighted by molar-refractivity contribution is -0.140. The Balaban J connectivity index is 0.00000162. The number of methoxy groups -OCH3 is 1. The molecule has 2 saturated heterocycles. The molecular weight excluding hydrogens is 254 g/mol. The third-order valence-electron chi connectivity index (χ3n) is 3.84. The molecule has 0 saturated carbocycles. The topological polar surface area (TPSA) is 44.8 Å². The van der Waals surface area contributed by atoms with E-state index in [2.05, 4.69) is 10.2 Å². The number of nitrogens with one attached hydrogen (secondary N) is 1. The smallest absolute Gasteiger partial charge is 0.251 e. The summed E-state index contributed by atoms with van der Waals surface area (Å²) in [6, 6.07) is 0.546. The molecule has 0 radical (unpaired) electrons. The van der Waals surface area contributed by atoms with Gasteiger partial charge in [-0.25, -0.2) is 0 Å². The average molecular weight is 278 g/mol. The van der Waals surface area contributed by atoms with Gasteiger partial charge in [-0.1, -0.05) is 0 Å². The van der Waals surface area contributed by atoms with Crippen molar-refractivity contribution in [3.63, 3.8) is 0 Å². The molecule has 0 bridgehead atoms. The summed E-state index contributed by atoms with van der Waals surface area (Å²) in [4.78, 5) is 16.4. The highest BCUT2D eigenvalue weighted by molar-refractivity contribution is 5.85. The molecule has 2 fully saturated rings. The summed E-state index contributed by atoms with van der Waals surface area (Å²) < 4.78 is 5.09. The number of hydrogen-bond acceptors (Lipinski definition) is 4. The van der Waals surface area contributed by atoms with Gasteiger partial charge in [-0.2, -0.15) is 0 Å². The molecule has 1 amide bonds. The second-order valence-corrected chi connectivity index (χ2v) is 4.89. The molecule has 0 spiro atoms. The van der Waals surface area contributed by atoms with E-state index in [1.165, 1.54) is 0 Å². The molecule has 6 heteroatoms. The number of nitrogens with zero attached hydrogens (tertiary/aromatic N) is 2. The molecule has 5 nitrogen and oxygen atoms in total. The summed E-state index contributed by atoms with van der Waals surface area (Å²) in [7, 11) is 1.59. The van der Waals surface area contributed by atoms with Crippen LogP contribution in [0.15, 0.2) is 0 Å². The highest BCUT2D eigenvalue weighted by Gasteiger charge is 2.32. The maximum Gasteiger partial charge on any atom is 0.251 e. The standard InChI is InChI=1S/C12H23N3O2.ClH/c1-10(17-2)12(16)15-6-3-11(9-15)14-7-4-13-5-8-14;/h10-11,13H,3-9H2,1-2H3;1H. The van der Waals surface area contributed by atoms with Crippen molar-refractivity contribution in [2.45, 2.75) is 25.5 Å². The maximum absolute atomic E-state index is 12.0. The fraction of sp³-hybridized carbons (Fsp3) is 0.917. The van der Waals surface area contributed by atoms with E-state index in [-0.39, 0.29) is 24.4 Å². The van der Waals surface area contributed by atoms with Gasteiger partial charge in [0, 0.05) is 52.4 Å². The number of carbonyl (C=O) groups is 1. The summed E-state index contributed by atoms with van der Waals surface area (Å²) in [6.07, 6.45) is 0.791. The van der Waals surface area contributed by atoms with Gasteiger partial charge < -0.3 is 15.0 Å². The highest BCUT2D eigenvalue weighted by atomic mass is 35.5. The summed E-state index contributed by atoms with van der Waals surface area (Å²) in [6.45, 7) is 7.91. The number of amides is 1. The van der Waals surface area contributed by atoms with Gasteiger partial charge in [0.1, 0.15) is 6.10 Å². The Hall–Kier alpha value is -0.360. The molecule has 1 N–H and O–H groups in total. The lowest BCUT2D eigenvalue weighted by Gasteiger charge is -2.32. The van der Waals surface area contributed by atoms with E-state index in [0.717, 1.165) is 45.7 Å². The predicted octanol–water partition coefficient (Wildman–Crippen LogP) is -0.0508. The first kappa shape index (κ1) is 15.7. The summed E-state index contributed by atoms with van der Waals surface area (Å²) in [5.74, 6) is 0.130. The van der Waals surface area contributed by atoms with E-state index in [9.17, 15) is 4.79 Å². The fourth-order valence-electron chi connectivity index (χ4n) is 2.65. The molecule has 18 heavy (non-hydrogen) atoms. The zero-order valence-corrected chi connectivity index (χ0v) is 12.0. The van der Waals surface area contributed by atoms with Gasteiger partial charge in [0.15, 0.2) is 0 Å². The predicted molar refractivity (Wildman–Crippen MR) is 73.1 cm³/mol. The molecule has 0 aromatic heterocycles. The molecule has 2 heterocycles. The number of halogens is 1. The van der Waals surface area contributed by atoms with E-state index >= 15 is 0 Å². The Morgan fingerprint density at radius 2 is 2.00 bits per heavy atom. The third-order valence-corrected chi connectivity index (χ3v) is 3.84. The van der Waals surface area contributed by atoms with E-state index < -0.39 is 0 Å². The quantitative estimate of drug-likeness (QED) is 0.786. The molecule has 2 aliphatic heterocycles. The van der Waals surface area contributed by atoms with Gasteiger partial charge in [-0.05, 0) is 13.3 Å². The van der Waals surface area contributed by atoms with Crippen molar-refractivity contribution in [1.29, 1.82) is 0 Å². The van der Waals surface area contributed by atoms with Gasteiger partial charge in [-0.15, -0.1) is 12.4 Å². The minimum Gasteiger partial charge on any atom is -0.372 e. The first-order valence-electron chi connectivity index (χ1n) is 6.48. The van der Waals surface area contributed by atoms with Crippen LogP contribution >= 0.6 is 12.4 Å². The van der Waals surface area contributed by atoms with Crippen molar-refractivity contribution in [3.8, 4) is 0 Å². The van der Waals surface area contributed by atoms with Crippen molar-refractivity contribution in [1.82, 2.24) is 15.1 Å². The van der Waals surface area contributed by atoms with Gasteiger partial charge in [0.2, 0.25) is 0 Å². The SMILES string of the molecule is COC(C)C(=O)N1CCC(N2CCNCC2)C1.Cl. The summed E-state index contributed by atoms with van der Waals surface area (Å²) >= 11 is 0. The van der Waals surface area contributed by atoms with Crippen LogP contribution in [0, 0.1) is 0 Å². The minimum atomic E-state index is -0.309. The summed E-state index contributed by atoms with van der Waals surface area (Å²) in [5.41, 5.74) is 0. The number of hydrogen-bond donors (Lipinski definition) is 1. The van der Waals surface area contributed by atoms with Crippen LogP contribution < -0.4 is 5.32 Å². The Labute approximate surface area is 115 Å². The molecule has 106 valence electrons. The Kier molecular flexibility index (Phi) is 6.35. The van der Waals surface area contributed by atoms with Gasteiger partial charge >= 0.3 is 0 Å². The highest BCUT2D eigenvalue weighted by Crippen LogP contribution is 2.17. The van der Waals surface area contributed by atoms with E-state index in [1.54, 1.807) is 7.11 Å². The monoisotopic (exact) mass is 277 g/mol. The molecule has 0 aromatic carbocycles. The van der Waals surface area contributed by atoms with Gasteiger partial charge in [0.05, 0.1) is 0 Å². The number of piperazine rings is 1. The second kappa shape index (κ2) is 7.28. The van der Waals surface area contributed by atoms with Crippen molar-refractivity contribution in [2.75, 3.05) is 46.4 Å². The lowest BCUT2D eigenvalue weighted by atomic mass is 10.2. The number of likely N-dealkylation sites (tertiary alicyclic amines) is 1. The van der Waals surface area contributed by atoms with E-state index in [4.69, 9.17) is 4.74 Å². The van der Waals surface area contributed by atoms with Gasteiger partial charge in [0.25, 0.3) is 5.91 Å². The van der Waals surface area contributed by atoms with Crippen LogP contribution in [0.1, 0.15) is 13.3 Å². The first-order valence-corrected chi connectivity index (χ1v) is 6.48. The number of carbonyl (C=O) groups excluding carboxylic acids is 1. The van der Waals surface area contributed by atoms with Gasteiger partial charge in [-0.3, -0.25) is 9.69 Å². The Morgan fingerprint density at radius 1 is 1.33 bits per heavy atom. The molecule has 2 unspecified atom stereocenters. The third kappa shape index (κ3) is 3.57. The molecule has 0 aromatic rings. The molecular formula is C12H24ClN3O2. The minimum absolute atomic E-state index is 0. The lowest BCUT2D eigenvalue weighted by Crippen LogP contribution is -2.49. The van der Waals surface area contributed by atoms with Crippen molar-refractivity contribution < 1.29 is 9.53 Å². The van der Waals surface area contributed by atoms with Crippen LogP contribution in [0.3, 0.4) is 0 Å². The van der Waals surface area contributed by atoms with Crippen LogP contribution in [0.2, 0.25) is 0 Å². The Bertz CT molecular complexity index is 272. The molecule has 2 atom stereocenters. The van der Waals surface area contributed by atoms with Crippen molar-refractivity contribution >= 4 is 18.3 Å². The largest absolute Gasteiger partial charge is 0.372 e. The van der Waals surface area contributed by atoms with Crippen LogP contribution in [-0.4, -0.2) is 74.2 Å². The molecule has 2 rings (SSSR count). The van der Waals surface area contributed by atoms with E-state index in [1.807, 2.05) is 11.8 Å². The van der Waals surface area contributed by atoms with Crippen molar-refractivity contribution in [3.05, 3.63) is 0 Å². The van der Waals surface area contributed by atoms with Crippen LogP contribution in [0.25, 0.3) is 0 Å². The number of rotatable bonds is 3. The van der Waals surface area contributed by atoms with Crippen molar-refractivity contribution in [2.24, 2.45) is 0 Å². The summed E-state index contributed by atoms with van der Waals surface area (Å²) in [5, 5.41) is 3.36. The number of ether oxygens (including phenoxy) is 1. The van der Waals surface area contributed by atoms with Crippen LogP contribution in [0.5, 0.6) is 0 Å². The van der Waals surface area contributed by atoms with Crippen LogP contribution in [-0.2, 0) is 9.53 Å². The molecule has 2 aliphatic rings. The molecule has 0 aliphatic carbocycles. The normalized spacial score (nSPS) is 26.8. The zero-order valence-electron chi connectivity index (χ0n) is 11.2. The first-order chi connectivity index (χ1) is 8.22. The van der Waals surface area contributed by atoms with Crippen LogP contribution in [0.4, 0.5) is 0 Å². The average Bonchev–Trinajstić information content (AvgIpc) is 2.87.